The Kier molecular flexibility index (Phi) is 9.76. The summed E-state index contributed by atoms with van der Waals surface area (Å²) in [5.74, 6) is 2.02. The first-order valence-electron chi connectivity index (χ1n) is 13.4. The van der Waals surface area contributed by atoms with E-state index in [0.717, 1.165) is 28.9 Å². The van der Waals surface area contributed by atoms with Gasteiger partial charge in [0.05, 0.1) is 17.2 Å². The Morgan fingerprint density at radius 1 is 1.10 bits per heavy atom. The zero-order chi connectivity index (χ0) is 29.6. The Balaban J connectivity index is 1.51. The summed E-state index contributed by atoms with van der Waals surface area (Å²) in [6, 6.07) is 20.2. The van der Waals surface area contributed by atoms with Crippen molar-refractivity contribution in [1.29, 1.82) is 0 Å². The lowest BCUT2D eigenvalue weighted by atomic mass is 9.95. The quantitative estimate of drug-likeness (QED) is 0.128. The number of aromatic nitrogens is 3. The lowest BCUT2D eigenvalue weighted by molar-refractivity contribution is -0.140. The van der Waals surface area contributed by atoms with Gasteiger partial charge in [0.2, 0.25) is 11.1 Å². The zero-order valence-electron chi connectivity index (χ0n) is 23.4. The summed E-state index contributed by atoms with van der Waals surface area (Å²) in [6.45, 7) is 4.42. The Morgan fingerprint density at radius 2 is 1.83 bits per heavy atom. The molecule has 5 rings (SSSR count). The van der Waals surface area contributed by atoms with E-state index in [4.69, 9.17) is 35.9 Å². The monoisotopic (exact) mass is 668 g/mol. The number of allylic oxidation sites excluding steroid dienone is 1. The summed E-state index contributed by atoms with van der Waals surface area (Å²) in [7, 11) is 1.58. The molecule has 1 aliphatic rings. The summed E-state index contributed by atoms with van der Waals surface area (Å²) in [5, 5.41) is 9.34. The van der Waals surface area contributed by atoms with E-state index in [0.29, 0.717) is 50.0 Å². The number of esters is 1. The molecule has 0 saturated heterocycles. The van der Waals surface area contributed by atoms with Gasteiger partial charge in [-0.05, 0) is 70.2 Å². The third kappa shape index (κ3) is 6.77. The van der Waals surface area contributed by atoms with Crippen molar-refractivity contribution in [3.05, 3.63) is 104 Å². The Bertz CT molecular complexity index is 1590. The van der Waals surface area contributed by atoms with E-state index in [9.17, 15) is 4.79 Å². The molecule has 1 aliphatic heterocycles. The van der Waals surface area contributed by atoms with Gasteiger partial charge in [0.25, 0.3) is 0 Å². The molecule has 3 aromatic carbocycles. The van der Waals surface area contributed by atoms with Crippen LogP contribution in [0.2, 0.25) is 5.02 Å². The predicted octanol–water partition coefficient (Wildman–Crippen LogP) is 7.82. The number of hydrogen-bond acceptors (Lipinski definition) is 8. The first kappa shape index (κ1) is 30.0. The van der Waals surface area contributed by atoms with Crippen molar-refractivity contribution in [2.45, 2.75) is 44.7 Å². The molecule has 0 amide bonds. The number of rotatable bonds is 11. The minimum absolute atomic E-state index is 0.148. The second-order valence-electron chi connectivity index (χ2n) is 9.59. The molecule has 4 aromatic rings. The van der Waals surface area contributed by atoms with Gasteiger partial charge < -0.3 is 19.5 Å². The van der Waals surface area contributed by atoms with Crippen molar-refractivity contribution in [3.63, 3.8) is 0 Å². The fourth-order valence-electron chi connectivity index (χ4n) is 4.53. The number of carbonyl (C=O) groups excluding carboxylic acids is 1. The average Bonchev–Trinajstić information content (AvgIpc) is 3.40. The highest BCUT2D eigenvalue weighted by Gasteiger charge is 2.36. The normalized spacial score (nSPS) is 14.3. The molecule has 0 saturated carbocycles. The minimum atomic E-state index is -0.622. The van der Waals surface area contributed by atoms with Crippen molar-refractivity contribution in [2.24, 2.45) is 0 Å². The van der Waals surface area contributed by atoms with Crippen LogP contribution in [-0.2, 0) is 22.7 Å². The largest absolute Gasteiger partial charge is 0.493 e. The Morgan fingerprint density at radius 3 is 2.55 bits per heavy atom. The molecule has 11 heteroatoms. The summed E-state index contributed by atoms with van der Waals surface area (Å²) in [4.78, 5) is 18.4. The molecular weight excluding hydrogens is 640 g/mol. The first-order chi connectivity index (χ1) is 20.4. The van der Waals surface area contributed by atoms with Gasteiger partial charge in [0.1, 0.15) is 19.3 Å². The Labute approximate surface area is 262 Å². The van der Waals surface area contributed by atoms with E-state index in [1.165, 1.54) is 0 Å². The molecule has 0 fully saturated rings. The predicted molar refractivity (Wildman–Crippen MR) is 168 cm³/mol. The molecule has 42 heavy (non-hydrogen) atoms. The van der Waals surface area contributed by atoms with Crippen LogP contribution in [0.3, 0.4) is 0 Å². The highest BCUT2D eigenvalue weighted by molar-refractivity contribution is 9.10. The van der Waals surface area contributed by atoms with Gasteiger partial charge in [-0.15, -0.1) is 5.10 Å². The van der Waals surface area contributed by atoms with E-state index in [-0.39, 0.29) is 6.61 Å². The first-order valence-corrected chi connectivity index (χ1v) is 15.6. The van der Waals surface area contributed by atoms with Crippen LogP contribution >= 0.6 is 39.3 Å². The maximum absolute atomic E-state index is 13.7. The second kappa shape index (κ2) is 13.7. The summed E-state index contributed by atoms with van der Waals surface area (Å²) < 4.78 is 20.1. The molecule has 1 unspecified atom stereocenters. The van der Waals surface area contributed by atoms with Gasteiger partial charge in [-0.3, -0.25) is 0 Å². The fourth-order valence-corrected chi connectivity index (χ4v) is 5.92. The number of fused-ring (bicyclic) bond motifs is 1. The smallest absolute Gasteiger partial charge is 0.338 e. The number of carbonyl (C=O) groups is 1. The standard InChI is InChI=1S/C31H30BrClN4O4S/c1-4-14-42-31-35-30-34-19(2)26(29(38)41-18-20-8-6-5-7-9-20)27(37(30)36-31)22-15-24(32)28(25(16-22)39-3)40-17-21-10-12-23(33)13-11-21/h5-13,15-16,27H,4,14,17-18H2,1-3H3,(H,34,35,36). The highest BCUT2D eigenvalue weighted by atomic mass is 79.9. The van der Waals surface area contributed by atoms with Gasteiger partial charge in [0.15, 0.2) is 11.5 Å². The van der Waals surface area contributed by atoms with E-state index in [2.05, 4.69) is 28.2 Å². The van der Waals surface area contributed by atoms with Crippen LogP contribution < -0.4 is 14.8 Å². The molecule has 0 aliphatic carbocycles. The molecule has 1 atom stereocenters. The summed E-state index contributed by atoms with van der Waals surface area (Å²) in [5.41, 5.74) is 3.68. The van der Waals surface area contributed by atoms with Crippen LogP contribution in [0.4, 0.5) is 5.95 Å². The van der Waals surface area contributed by atoms with Crippen molar-refractivity contribution < 1.29 is 19.0 Å². The SMILES string of the molecule is CCCSc1nc2n(n1)C(c1cc(Br)c(OCc3ccc(Cl)cc3)c(OC)c1)C(C(=O)OCc1ccccc1)=C(C)N2. The lowest BCUT2D eigenvalue weighted by Gasteiger charge is -2.29. The van der Waals surface area contributed by atoms with Crippen LogP contribution in [-0.4, -0.2) is 33.6 Å². The number of thioether (sulfide) groups is 1. The second-order valence-corrected chi connectivity index (χ2v) is 11.9. The maximum Gasteiger partial charge on any atom is 0.338 e. The third-order valence-electron chi connectivity index (χ3n) is 6.57. The molecule has 8 nitrogen and oxygen atoms in total. The van der Waals surface area contributed by atoms with Crippen LogP contribution in [0, 0.1) is 0 Å². The molecule has 0 radical (unpaired) electrons. The zero-order valence-corrected chi connectivity index (χ0v) is 26.6. The van der Waals surface area contributed by atoms with Gasteiger partial charge in [-0.1, -0.05) is 72.8 Å². The molecule has 218 valence electrons. The van der Waals surface area contributed by atoms with E-state index < -0.39 is 12.0 Å². The number of benzene rings is 3. The number of halogens is 2. The van der Waals surface area contributed by atoms with Crippen LogP contribution in [0.15, 0.2) is 87.6 Å². The van der Waals surface area contributed by atoms with Gasteiger partial charge in [-0.2, -0.15) is 4.98 Å². The number of methoxy groups -OCH3 is 1. The number of anilines is 1. The van der Waals surface area contributed by atoms with Crippen LogP contribution in [0.5, 0.6) is 11.5 Å². The van der Waals surface area contributed by atoms with E-state index in [1.807, 2.05) is 73.7 Å². The van der Waals surface area contributed by atoms with Gasteiger partial charge in [0, 0.05) is 16.5 Å². The topological polar surface area (TPSA) is 87.5 Å². The fraction of sp³-hybridized carbons (Fsp3) is 0.258. The lowest BCUT2D eigenvalue weighted by Crippen LogP contribution is -2.29. The van der Waals surface area contributed by atoms with Crippen LogP contribution in [0.25, 0.3) is 0 Å². The molecular formula is C31H30BrClN4O4S. The van der Waals surface area contributed by atoms with Crippen molar-refractivity contribution in [3.8, 4) is 11.5 Å². The Hall–Kier alpha value is -3.47. The summed E-state index contributed by atoms with van der Waals surface area (Å²) >= 11 is 11.3. The third-order valence-corrected chi connectivity index (χ3v) is 8.45. The number of ether oxygens (including phenoxy) is 3. The van der Waals surface area contributed by atoms with Gasteiger partial charge >= 0.3 is 5.97 Å². The maximum atomic E-state index is 13.7. The van der Waals surface area contributed by atoms with E-state index in [1.54, 1.807) is 23.6 Å². The van der Waals surface area contributed by atoms with Crippen LogP contribution in [0.1, 0.15) is 43.0 Å². The number of nitrogens with one attached hydrogen (secondary N) is 1. The highest BCUT2D eigenvalue weighted by Crippen LogP contribution is 2.43. The average molecular weight is 670 g/mol. The number of nitrogens with zero attached hydrogens (tertiary/aromatic N) is 3. The molecule has 1 N–H and O–H groups in total. The van der Waals surface area contributed by atoms with Crippen molar-refractivity contribution in [2.75, 3.05) is 18.2 Å². The molecule has 0 bridgehead atoms. The van der Waals surface area contributed by atoms with Crippen molar-refractivity contribution >= 4 is 51.2 Å². The minimum Gasteiger partial charge on any atom is -0.493 e. The molecule has 0 spiro atoms. The summed E-state index contributed by atoms with van der Waals surface area (Å²) in [6.07, 6.45) is 0.987. The number of hydrogen-bond donors (Lipinski definition) is 1. The van der Waals surface area contributed by atoms with Crippen molar-refractivity contribution in [1.82, 2.24) is 14.8 Å². The van der Waals surface area contributed by atoms with E-state index >= 15 is 0 Å². The molecule has 1 aromatic heterocycles. The van der Waals surface area contributed by atoms with Gasteiger partial charge in [-0.25, -0.2) is 9.48 Å². The molecule has 2 heterocycles.